The largest absolute Gasteiger partial charge is 0.449 e. The van der Waals surface area contributed by atoms with Gasteiger partial charge in [0.15, 0.2) is 5.54 Å². The molecule has 1 aliphatic carbocycles. The Kier molecular flexibility index (Phi) is 7.56. The zero-order chi connectivity index (χ0) is 31.9. The first kappa shape index (κ1) is 29.9. The van der Waals surface area contributed by atoms with Gasteiger partial charge in [-0.25, -0.2) is 14.4 Å². The lowest BCUT2D eigenvalue weighted by atomic mass is 9.89. The first-order valence-corrected chi connectivity index (χ1v) is 14.8. The van der Waals surface area contributed by atoms with E-state index in [1.54, 1.807) is 32.9 Å². The number of ether oxygens (including phenoxy) is 2. The van der Waals surface area contributed by atoms with Gasteiger partial charge in [0.2, 0.25) is 0 Å². The lowest BCUT2D eigenvalue weighted by Crippen LogP contribution is -2.65. The maximum Gasteiger partial charge on any atom is 0.410 e. The Hall–Kier alpha value is -5.19. The van der Waals surface area contributed by atoms with E-state index in [1.807, 2.05) is 48.5 Å². The first-order chi connectivity index (χ1) is 21.5. The number of imide groups is 1. The van der Waals surface area contributed by atoms with Crippen molar-refractivity contribution in [3.05, 3.63) is 95.1 Å². The van der Waals surface area contributed by atoms with Gasteiger partial charge in [0.05, 0.1) is 17.7 Å². The lowest BCUT2D eigenvalue weighted by Gasteiger charge is -2.41. The molecular weight excluding hydrogens is 578 g/mol. The number of likely N-dealkylation sites (tertiary alicyclic amines) is 1. The Morgan fingerprint density at radius 3 is 1.93 bits per heavy atom. The van der Waals surface area contributed by atoms with Gasteiger partial charge in [0.25, 0.3) is 11.8 Å². The van der Waals surface area contributed by atoms with Crippen LogP contribution >= 0.6 is 0 Å². The summed E-state index contributed by atoms with van der Waals surface area (Å²) in [6.45, 7) is 5.06. The van der Waals surface area contributed by atoms with Crippen molar-refractivity contribution in [2.24, 2.45) is 0 Å². The standard InChI is InChI=1S/C34H33N3O8/c1-33(2,3)44-32(42)36-18-10-17-34(20-36,30(40)45-37-28(38)25-15-8-9-16-26(25)29(37)39)35-31(41)43-19-27-23-13-6-4-11-21(23)22-12-5-7-14-24(22)27/h4-9,11-16,27H,10,17-20H2,1-3H3,(H,35,41). The number of benzene rings is 3. The highest BCUT2D eigenvalue weighted by Crippen LogP contribution is 2.44. The van der Waals surface area contributed by atoms with Gasteiger partial charge in [-0.2, -0.15) is 0 Å². The normalized spacial score (nSPS) is 19.0. The summed E-state index contributed by atoms with van der Waals surface area (Å²) >= 11 is 0. The molecule has 1 N–H and O–H groups in total. The Morgan fingerprint density at radius 2 is 1.38 bits per heavy atom. The first-order valence-electron chi connectivity index (χ1n) is 14.8. The Labute approximate surface area is 260 Å². The summed E-state index contributed by atoms with van der Waals surface area (Å²) in [5.41, 5.74) is 1.68. The number of carbonyl (C=O) groups excluding carboxylic acids is 5. The van der Waals surface area contributed by atoms with E-state index in [1.165, 1.54) is 17.0 Å². The summed E-state index contributed by atoms with van der Waals surface area (Å²) in [6.07, 6.45) is -1.25. The van der Waals surface area contributed by atoms with Crippen LogP contribution in [0, 0.1) is 0 Å². The molecule has 11 heteroatoms. The van der Waals surface area contributed by atoms with Gasteiger partial charge in [0.1, 0.15) is 12.2 Å². The molecule has 6 rings (SSSR count). The molecule has 0 saturated carbocycles. The molecule has 0 radical (unpaired) electrons. The average Bonchev–Trinajstić information content (AvgIpc) is 3.46. The van der Waals surface area contributed by atoms with Crippen molar-refractivity contribution in [2.75, 3.05) is 19.7 Å². The highest BCUT2D eigenvalue weighted by Gasteiger charge is 2.50. The van der Waals surface area contributed by atoms with Gasteiger partial charge in [-0.3, -0.25) is 9.59 Å². The van der Waals surface area contributed by atoms with Crippen LogP contribution in [0.3, 0.4) is 0 Å². The maximum atomic E-state index is 13.9. The monoisotopic (exact) mass is 611 g/mol. The molecule has 4 amide bonds. The average molecular weight is 612 g/mol. The summed E-state index contributed by atoms with van der Waals surface area (Å²) in [5, 5.41) is 3.03. The van der Waals surface area contributed by atoms with Crippen LogP contribution < -0.4 is 5.32 Å². The number of piperidine rings is 1. The number of rotatable bonds is 5. The third-order valence-corrected chi connectivity index (χ3v) is 8.15. The lowest BCUT2D eigenvalue weighted by molar-refractivity contribution is -0.179. The highest BCUT2D eigenvalue weighted by molar-refractivity contribution is 6.21. The fraction of sp³-hybridized carbons (Fsp3) is 0.324. The number of hydrogen-bond donors (Lipinski definition) is 1. The molecule has 1 unspecified atom stereocenters. The van der Waals surface area contributed by atoms with E-state index in [2.05, 4.69) is 5.32 Å². The minimum Gasteiger partial charge on any atom is -0.449 e. The second-order valence-corrected chi connectivity index (χ2v) is 12.4. The van der Waals surface area contributed by atoms with Crippen LogP contribution in [0.4, 0.5) is 9.59 Å². The molecule has 2 aliphatic heterocycles. The molecule has 1 fully saturated rings. The quantitative estimate of drug-likeness (QED) is 0.397. The zero-order valence-corrected chi connectivity index (χ0v) is 25.2. The van der Waals surface area contributed by atoms with Gasteiger partial charge >= 0.3 is 18.2 Å². The molecule has 11 nitrogen and oxygen atoms in total. The fourth-order valence-corrected chi connectivity index (χ4v) is 6.11. The minimum atomic E-state index is -1.84. The summed E-state index contributed by atoms with van der Waals surface area (Å²) in [4.78, 5) is 73.0. The minimum absolute atomic E-state index is 0.0147. The second kappa shape index (κ2) is 11.4. The van der Waals surface area contributed by atoms with Crippen LogP contribution in [0.25, 0.3) is 11.1 Å². The van der Waals surface area contributed by atoms with E-state index in [0.29, 0.717) is 11.5 Å². The van der Waals surface area contributed by atoms with Crippen molar-refractivity contribution in [1.82, 2.24) is 15.3 Å². The predicted octanol–water partition coefficient (Wildman–Crippen LogP) is 5.05. The van der Waals surface area contributed by atoms with Crippen LogP contribution in [0.15, 0.2) is 72.8 Å². The number of nitrogens with one attached hydrogen (secondary N) is 1. The van der Waals surface area contributed by atoms with E-state index in [9.17, 15) is 24.0 Å². The summed E-state index contributed by atoms with van der Waals surface area (Å²) in [7, 11) is 0. The fourth-order valence-electron chi connectivity index (χ4n) is 6.11. The third kappa shape index (κ3) is 5.61. The van der Waals surface area contributed by atoms with E-state index in [4.69, 9.17) is 14.3 Å². The van der Waals surface area contributed by atoms with E-state index < -0.39 is 41.1 Å². The van der Waals surface area contributed by atoms with Gasteiger partial charge in [-0.15, -0.1) is 0 Å². The van der Waals surface area contributed by atoms with Crippen molar-refractivity contribution in [1.29, 1.82) is 0 Å². The van der Waals surface area contributed by atoms with Gasteiger partial charge < -0.3 is 24.5 Å². The van der Waals surface area contributed by atoms with Crippen LogP contribution in [0.1, 0.15) is 71.4 Å². The predicted molar refractivity (Wildman–Crippen MR) is 161 cm³/mol. The summed E-state index contributed by atoms with van der Waals surface area (Å²) in [5.74, 6) is -2.92. The molecule has 3 aromatic rings. The molecule has 232 valence electrons. The van der Waals surface area contributed by atoms with Gasteiger partial charge in [-0.05, 0) is 68.0 Å². The SMILES string of the molecule is CC(C)(C)OC(=O)N1CCCC(NC(=O)OCC2c3ccccc3-c3ccccc32)(C(=O)ON2C(=O)c3ccccc3C2=O)C1. The van der Waals surface area contributed by atoms with E-state index in [-0.39, 0.29) is 43.2 Å². The number of carbonyl (C=O) groups is 5. The Bertz CT molecular complexity index is 1630. The maximum absolute atomic E-state index is 13.9. The number of fused-ring (bicyclic) bond motifs is 4. The number of amides is 4. The molecule has 3 aliphatic rings. The molecule has 45 heavy (non-hydrogen) atoms. The molecule has 0 spiro atoms. The zero-order valence-electron chi connectivity index (χ0n) is 25.2. The summed E-state index contributed by atoms with van der Waals surface area (Å²) in [6, 6.07) is 21.9. The van der Waals surface area contributed by atoms with Gasteiger partial charge in [0, 0.05) is 12.5 Å². The second-order valence-electron chi connectivity index (χ2n) is 12.4. The number of hydroxylamine groups is 2. The van der Waals surface area contributed by atoms with Crippen molar-refractivity contribution < 1.29 is 38.3 Å². The third-order valence-electron chi connectivity index (χ3n) is 8.15. The number of alkyl carbamates (subject to hydrolysis) is 1. The highest BCUT2D eigenvalue weighted by atomic mass is 16.7. The van der Waals surface area contributed by atoms with Crippen molar-refractivity contribution >= 4 is 30.0 Å². The van der Waals surface area contributed by atoms with Crippen LogP contribution in [0.2, 0.25) is 0 Å². The van der Waals surface area contributed by atoms with Crippen LogP contribution in [-0.4, -0.2) is 70.8 Å². The number of nitrogens with zero attached hydrogens (tertiary/aromatic N) is 2. The van der Waals surface area contributed by atoms with E-state index in [0.717, 1.165) is 22.3 Å². The molecule has 1 saturated heterocycles. The molecule has 2 heterocycles. The molecule has 0 bridgehead atoms. The van der Waals surface area contributed by atoms with Crippen molar-refractivity contribution in [3.63, 3.8) is 0 Å². The Balaban J connectivity index is 1.23. The molecular formula is C34H33N3O8. The topological polar surface area (TPSA) is 132 Å². The molecule has 3 aromatic carbocycles. The van der Waals surface area contributed by atoms with Crippen molar-refractivity contribution in [2.45, 2.75) is 50.7 Å². The van der Waals surface area contributed by atoms with Crippen LogP contribution in [-0.2, 0) is 19.1 Å². The van der Waals surface area contributed by atoms with Gasteiger partial charge in [-0.1, -0.05) is 65.7 Å². The molecule has 1 atom stereocenters. The van der Waals surface area contributed by atoms with Crippen molar-refractivity contribution in [3.8, 4) is 11.1 Å². The smallest absolute Gasteiger partial charge is 0.410 e. The van der Waals surface area contributed by atoms with E-state index >= 15 is 0 Å². The number of hydrogen-bond acceptors (Lipinski definition) is 8. The summed E-state index contributed by atoms with van der Waals surface area (Å²) < 4.78 is 11.2. The van der Waals surface area contributed by atoms with Crippen LogP contribution in [0.5, 0.6) is 0 Å². The Morgan fingerprint density at radius 1 is 0.844 bits per heavy atom. The molecule has 0 aromatic heterocycles.